The summed E-state index contributed by atoms with van der Waals surface area (Å²) in [7, 11) is 0. The molecule has 3 aliphatic rings. The topological polar surface area (TPSA) is 36.4 Å². The third kappa shape index (κ3) is 2.46. The van der Waals surface area contributed by atoms with Gasteiger partial charge >= 0.3 is 0 Å². The number of aliphatic hydroxyl groups is 1. The number of aromatic nitrogens is 1. The number of hydrogen-bond donors (Lipinski definition) is 1. The highest BCUT2D eigenvalue weighted by atomic mass is 19.1. The number of aliphatic hydroxyl groups excluding tert-OH is 1. The molecule has 1 aromatic heterocycles. The van der Waals surface area contributed by atoms with E-state index in [0.29, 0.717) is 17.2 Å². The molecule has 1 N–H and O–H groups in total. The molecule has 23 heavy (non-hydrogen) atoms. The van der Waals surface area contributed by atoms with Gasteiger partial charge in [0.25, 0.3) is 0 Å². The Bertz CT molecular complexity index is 747. The minimum atomic E-state index is -0.615. The average molecular weight is 312 g/mol. The van der Waals surface area contributed by atoms with E-state index in [4.69, 9.17) is 0 Å². The number of rotatable bonds is 3. The predicted molar refractivity (Wildman–Crippen MR) is 88.4 cm³/mol. The first-order valence-electron chi connectivity index (χ1n) is 8.26. The lowest BCUT2D eigenvalue weighted by molar-refractivity contribution is -0.0444. The summed E-state index contributed by atoms with van der Waals surface area (Å²) >= 11 is 0. The van der Waals surface area contributed by atoms with Crippen LogP contribution in [-0.2, 0) is 0 Å². The van der Waals surface area contributed by atoms with Crippen LogP contribution in [0, 0.1) is 17.7 Å². The summed E-state index contributed by atoms with van der Waals surface area (Å²) < 4.78 is 13.6. The van der Waals surface area contributed by atoms with Crippen LogP contribution in [0.5, 0.6) is 0 Å². The van der Waals surface area contributed by atoms with E-state index in [-0.39, 0.29) is 11.9 Å². The molecule has 1 aromatic carbocycles. The van der Waals surface area contributed by atoms with Crippen molar-refractivity contribution in [3.8, 4) is 0 Å². The Kier molecular flexibility index (Phi) is 3.66. The second kappa shape index (κ2) is 5.69. The molecule has 0 aliphatic carbocycles. The summed E-state index contributed by atoms with van der Waals surface area (Å²) in [5.41, 5.74) is 1.50. The highest BCUT2D eigenvalue weighted by Crippen LogP contribution is 2.41. The third-order valence-electron chi connectivity index (χ3n) is 5.57. The molecule has 3 saturated heterocycles. The van der Waals surface area contributed by atoms with Crippen molar-refractivity contribution in [2.75, 3.05) is 13.1 Å². The molecule has 120 valence electrons. The molecule has 4 heterocycles. The average Bonchev–Trinajstić information content (AvgIpc) is 2.60. The van der Waals surface area contributed by atoms with Crippen molar-refractivity contribution in [1.82, 2.24) is 9.88 Å². The van der Waals surface area contributed by atoms with Gasteiger partial charge in [0.05, 0.1) is 11.6 Å². The fourth-order valence-electron chi connectivity index (χ4n) is 4.31. The first kappa shape index (κ1) is 14.8. The van der Waals surface area contributed by atoms with Crippen LogP contribution in [0.25, 0.3) is 10.9 Å². The standard InChI is InChI=1S/C19H21FN2O/c1-2-12-11-22-8-6-13(12)9-18(22)19(23)15-5-7-21-17-4-3-14(20)10-16(15)17/h2-5,7,10,12-13,18-19,23H,1,6,8-9,11H2. The summed E-state index contributed by atoms with van der Waals surface area (Å²) in [5, 5.41) is 11.7. The fraction of sp³-hybridized carbons (Fsp3) is 0.421. The zero-order valence-corrected chi connectivity index (χ0v) is 13.0. The largest absolute Gasteiger partial charge is 0.387 e. The Morgan fingerprint density at radius 2 is 2.26 bits per heavy atom. The van der Waals surface area contributed by atoms with Crippen LogP contribution in [0.1, 0.15) is 24.5 Å². The van der Waals surface area contributed by atoms with Crippen molar-refractivity contribution in [1.29, 1.82) is 0 Å². The number of fused-ring (bicyclic) bond motifs is 4. The number of nitrogens with zero attached hydrogens (tertiary/aromatic N) is 2. The molecule has 3 aliphatic heterocycles. The third-order valence-corrected chi connectivity index (χ3v) is 5.57. The first-order chi connectivity index (χ1) is 11.2. The summed E-state index contributed by atoms with van der Waals surface area (Å²) in [4.78, 5) is 6.64. The summed E-state index contributed by atoms with van der Waals surface area (Å²) in [5.74, 6) is 0.831. The van der Waals surface area contributed by atoms with Gasteiger partial charge in [-0.3, -0.25) is 9.88 Å². The molecule has 5 rings (SSSR count). The molecule has 2 bridgehead atoms. The molecule has 4 heteroatoms. The molecule has 3 nitrogen and oxygen atoms in total. The van der Waals surface area contributed by atoms with Crippen LogP contribution in [0.4, 0.5) is 4.39 Å². The first-order valence-corrected chi connectivity index (χ1v) is 8.26. The Morgan fingerprint density at radius 1 is 1.39 bits per heavy atom. The molecule has 5 unspecified atom stereocenters. The van der Waals surface area contributed by atoms with Gasteiger partial charge in [-0.1, -0.05) is 6.08 Å². The van der Waals surface area contributed by atoms with Gasteiger partial charge in [0.2, 0.25) is 0 Å². The monoisotopic (exact) mass is 312 g/mol. The number of halogens is 1. The van der Waals surface area contributed by atoms with Gasteiger partial charge < -0.3 is 5.11 Å². The van der Waals surface area contributed by atoms with Gasteiger partial charge in [-0.15, -0.1) is 6.58 Å². The van der Waals surface area contributed by atoms with Crippen LogP contribution >= 0.6 is 0 Å². The van der Waals surface area contributed by atoms with Gasteiger partial charge in [-0.25, -0.2) is 4.39 Å². The van der Waals surface area contributed by atoms with Crippen LogP contribution < -0.4 is 0 Å². The van der Waals surface area contributed by atoms with Gasteiger partial charge in [0, 0.05) is 24.2 Å². The SMILES string of the molecule is C=CC1CN2CCC1CC2C(O)c1ccnc2ccc(F)cc12. The lowest BCUT2D eigenvalue weighted by atomic mass is 9.73. The molecule has 0 amide bonds. The lowest BCUT2D eigenvalue weighted by Crippen LogP contribution is -2.54. The number of piperidine rings is 3. The van der Waals surface area contributed by atoms with Crippen molar-refractivity contribution in [2.24, 2.45) is 11.8 Å². The second-order valence-corrected chi connectivity index (χ2v) is 6.75. The highest BCUT2D eigenvalue weighted by Gasteiger charge is 2.42. The lowest BCUT2D eigenvalue weighted by Gasteiger charge is -2.50. The van der Waals surface area contributed by atoms with Gasteiger partial charge in [0.1, 0.15) is 5.82 Å². The minimum Gasteiger partial charge on any atom is -0.387 e. The van der Waals surface area contributed by atoms with Crippen LogP contribution in [0.3, 0.4) is 0 Å². The van der Waals surface area contributed by atoms with E-state index in [9.17, 15) is 9.50 Å². The number of benzene rings is 1. The van der Waals surface area contributed by atoms with Crippen LogP contribution in [0.15, 0.2) is 43.1 Å². The van der Waals surface area contributed by atoms with Crippen LogP contribution in [-0.4, -0.2) is 34.1 Å². The van der Waals surface area contributed by atoms with E-state index in [1.165, 1.54) is 18.6 Å². The summed E-state index contributed by atoms with van der Waals surface area (Å²) in [6, 6.07) is 6.47. The van der Waals surface area contributed by atoms with Crippen molar-refractivity contribution in [3.63, 3.8) is 0 Å². The smallest absolute Gasteiger partial charge is 0.123 e. The van der Waals surface area contributed by atoms with Crippen molar-refractivity contribution in [3.05, 3.63) is 54.5 Å². The normalized spacial score (nSPS) is 31.2. The van der Waals surface area contributed by atoms with E-state index >= 15 is 0 Å². The maximum absolute atomic E-state index is 13.6. The van der Waals surface area contributed by atoms with E-state index in [1.54, 1.807) is 12.3 Å². The van der Waals surface area contributed by atoms with E-state index in [2.05, 4.69) is 22.5 Å². The Morgan fingerprint density at radius 3 is 3.00 bits per heavy atom. The second-order valence-electron chi connectivity index (χ2n) is 6.75. The minimum absolute atomic E-state index is 0.0961. The summed E-state index contributed by atoms with van der Waals surface area (Å²) in [6.45, 7) is 5.93. The van der Waals surface area contributed by atoms with Crippen LogP contribution in [0.2, 0.25) is 0 Å². The fourth-order valence-corrected chi connectivity index (χ4v) is 4.31. The maximum Gasteiger partial charge on any atom is 0.123 e. The molecule has 2 aromatic rings. The van der Waals surface area contributed by atoms with Gasteiger partial charge in [-0.2, -0.15) is 0 Å². The Balaban J connectivity index is 1.69. The van der Waals surface area contributed by atoms with Gasteiger partial charge in [-0.05, 0) is 61.1 Å². The molecule has 0 saturated carbocycles. The molecular formula is C19H21FN2O. The Labute approximate surface area is 135 Å². The molecule has 3 fully saturated rings. The van der Waals surface area contributed by atoms with Crippen molar-refractivity contribution >= 4 is 10.9 Å². The van der Waals surface area contributed by atoms with E-state index in [1.807, 2.05) is 6.07 Å². The van der Waals surface area contributed by atoms with Gasteiger partial charge in [0.15, 0.2) is 0 Å². The van der Waals surface area contributed by atoms with Crippen molar-refractivity contribution < 1.29 is 9.50 Å². The summed E-state index contributed by atoms with van der Waals surface area (Å²) in [6.07, 6.45) is 5.27. The predicted octanol–water partition coefficient (Wildman–Crippen LogP) is 3.30. The highest BCUT2D eigenvalue weighted by molar-refractivity contribution is 5.82. The molecule has 5 atom stereocenters. The molecule has 0 spiro atoms. The van der Waals surface area contributed by atoms with Crippen molar-refractivity contribution in [2.45, 2.75) is 25.0 Å². The number of hydrogen-bond acceptors (Lipinski definition) is 3. The molecule has 0 radical (unpaired) electrons. The Hall–Kier alpha value is -1.78. The number of pyridine rings is 1. The zero-order chi connectivity index (χ0) is 16.0. The van der Waals surface area contributed by atoms with E-state index < -0.39 is 6.10 Å². The maximum atomic E-state index is 13.6. The molecular weight excluding hydrogens is 291 g/mol. The quantitative estimate of drug-likeness (QED) is 0.884. The zero-order valence-electron chi connectivity index (χ0n) is 13.0. The van der Waals surface area contributed by atoms with E-state index in [0.717, 1.165) is 30.6 Å².